The number of rotatable bonds is 8. The number of benzene rings is 1. The summed E-state index contributed by atoms with van der Waals surface area (Å²) in [4.78, 5) is 22.8. The highest BCUT2D eigenvalue weighted by Crippen LogP contribution is 2.13. The predicted octanol–water partition coefficient (Wildman–Crippen LogP) is 2.96. The number of furan rings is 1. The van der Waals surface area contributed by atoms with E-state index in [0.29, 0.717) is 37.3 Å². The second-order valence-electron chi connectivity index (χ2n) is 4.89. The van der Waals surface area contributed by atoms with Gasteiger partial charge in [0.1, 0.15) is 11.5 Å². The third kappa shape index (κ3) is 5.09. The summed E-state index contributed by atoms with van der Waals surface area (Å²) >= 11 is 0. The van der Waals surface area contributed by atoms with Gasteiger partial charge in [0.05, 0.1) is 19.4 Å². The molecule has 0 aliphatic carbocycles. The normalized spacial score (nSPS) is 10.2. The summed E-state index contributed by atoms with van der Waals surface area (Å²) in [5.41, 5.74) is 0.657. The van der Waals surface area contributed by atoms with Gasteiger partial charge in [-0.15, -0.1) is 0 Å². The molecule has 0 aliphatic rings. The first-order valence-corrected chi connectivity index (χ1v) is 7.18. The zero-order valence-corrected chi connectivity index (χ0v) is 12.5. The van der Waals surface area contributed by atoms with Crippen molar-refractivity contribution in [1.29, 1.82) is 0 Å². The highest BCUT2D eigenvalue weighted by molar-refractivity contribution is 5.94. The average molecular weight is 301 g/mol. The molecule has 0 bridgehead atoms. The zero-order valence-electron chi connectivity index (χ0n) is 12.5. The fourth-order valence-electron chi connectivity index (χ4n) is 1.90. The van der Waals surface area contributed by atoms with Gasteiger partial charge in [-0.1, -0.05) is 0 Å². The summed E-state index contributed by atoms with van der Waals surface area (Å²) in [6.07, 6.45) is 2.59. The molecule has 0 saturated carbocycles. The molecule has 0 aliphatic heterocycles. The lowest BCUT2D eigenvalue weighted by Gasteiger charge is -2.07. The summed E-state index contributed by atoms with van der Waals surface area (Å²) in [5.74, 6) is 1.42. The number of carbonyl (C=O) groups excluding carboxylic acids is 2. The highest BCUT2D eigenvalue weighted by atomic mass is 16.5. The minimum atomic E-state index is -0.0353. The molecule has 22 heavy (non-hydrogen) atoms. The number of nitrogens with one attached hydrogen (secondary N) is 1. The van der Waals surface area contributed by atoms with E-state index in [1.54, 1.807) is 36.6 Å². The van der Waals surface area contributed by atoms with Gasteiger partial charge in [0.25, 0.3) is 0 Å². The summed E-state index contributed by atoms with van der Waals surface area (Å²) in [6.45, 7) is 2.38. The Morgan fingerprint density at radius 1 is 1.18 bits per heavy atom. The van der Waals surface area contributed by atoms with Crippen molar-refractivity contribution >= 4 is 11.7 Å². The Hall–Kier alpha value is -2.56. The first-order chi connectivity index (χ1) is 10.6. The van der Waals surface area contributed by atoms with Crippen molar-refractivity contribution in [3.63, 3.8) is 0 Å². The van der Waals surface area contributed by atoms with Crippen LogP contribution in [0.2, 0.25) is 0 Å². The number of hydrogen-bond acceptors (Lipinski definition) is 4. The van der Waals surface area contributed by atoms with Crippen LogP contribution in [-0.4, -0.2) is 18.3 Å². The number of carbonyl (C=O) groups is 2. The van der Waals surface area contributed by atoms with Gasteiger partial charge >= 0.3 is 0 Å². The minimum absolute atomic E-state index is 0.0276. The van der Waals surface area contributed by atoms with Crippen LogP contribution in [-0.2, 0) is 11.3 Å². The smallest absolute Gasteiger partial charge is 0.220 e. The Bertz CT molecular complexity index is 602. The van der Waals surface area contributed by atoms with Crippen molar-refractivity contribution in [2.75, 3.05) is 6.61 Å². The summed E-state index contributed by atoms with van der Waals surface area (Å²) in [5, 5.41) is 2.78. The van der Waals surface area contributed by atoms with Gasteiger partial charge in [-0.3, -0.25) is 9.59 Å². The summed E-state index contributed by atoms with van der Waals surface area (Å²) in [7, 11) is 0. The Morgan fingerprint density at radius 2 is 1.95 bits per heavy atom. The van der Waals surface area contributed by atoms with Crippen LogP contribution in [0.3, 0.4) is 0 Å². The van der Waals surface area contributed by atoms with Crippen molar-refractivity contribution in [3.05, 3.63) is 54.0 Å². The molecule has 0 saturated heterocycles. The van der Waals surface area contributed by atoms with Crippen LogP contribution >= 0.6 is 0 Å². The Balaban J connectivity index is 1.62. The van der Waals surface area contributed by atoms with Crippen LogP contribution in [0.1, 0.15) is 35.9 Å². The Kier molecular flexibility index (Phi) is 5.77. The third-order valence-corrected chi connectivity index (χ3v) is 3.12. The lowest BCUT2D eigenvalue weighted by molar-refractivity contribution is -0.121. The maximum Gasteiger partial charge on any atom is 0.220 e. The number of ketones is 1. The van der Waals surface area contributed by atoms with Crippen molar-refractivity contribution < 1.29 is 18.7 Å². The van der Waals surface area contributed by atoms with Crippen molar-refractivity contribution in [3.8, 4) is 5.75 Å². The molecular formula is C17H19NO4. The van der Waals surface area contributed by atoms with Gasteiger partial charge in [-0.05, 0) is 49.7 Å². The molecule has 0 atom stereocenters. The fraction of sp³-hybridized carbons (Fsp3) is 0.294. The molecule has 0 radical (unpaired) electrons. The first kappa shape index (κ1) is 15.8. The molecule has 1 aromatic heterocycles. The molecule has 5 nitrogen and oxygen atoms in total. The second-order valence-corrected chi connectivity index (χ2v) is 4.89. The van der Waals surface area contributed by atoms with E-state index < -0.39 is 0 Å². The molecule has 1 aromatic carbocycles. The summed E-state index contributed by atoms with van der Waals surface area (Å²) in [6, 6.07) is 10.6. The van der Waals surface area contributed by atoms with Crippen LogP contribution in [0, 0.1) is 0 Å². The largest absolute Gasteiger partial charge is 0.494 e. The molecular weight excluding hydrogens is 282 g/mol. The lowest BCUT2D eigenvalue weighted by Crippen LogP contribution is -2.22. The number of Topliss-reactive ketones (excluding diaryl/α,β-unsaturated/α-hetero) is 1. The molecule has 0 spiro atoms. The molecule has 0 unspecified atom stereocenters. The van der Waals surface area contributed by atoms with E-state index in [-0.39, 0.29) is 11.7 Å². The molecule has 1 amide bonds. The molecule has 1 N–H and O–H groups in total. The molecule has 5 heteroatoms. The number of hydrogen-bond donors (Lipinski definition) is 1. The first-order valence-electron chi connectivity index (χ1n) is 7.18. The Morgan fingerprint density at radius 3 is 2.59 bits per heavy atom. The van der Waals surface area contributed by atoms with Crippen LogP contribution in [0.15, 0.2) is 47.1 Å². The van der Waals surface area contributed by atoms with Gasteiger partial charge < -0.3 is 14.5 Å². The van der Waals surface area contributed by atoms with Crippen LogP contribution in [0.5, 0.6) is 5.75 Å². The van der Waals surface area contributed by atoms with Crippen molar-refractivity contribution in [2.45, 2.75) is 26.3 Å². The zero-order chi connectivity index (χ0) is 15.8. The quantitative estimate of drug-likeness (QED) is 0.601. The number of ether oxygens (including phenoxy) is 1. The van der Waals surface area contributed by atoms with E-state index >= 15 is 0 Å². The third-order valence-electron chi connectivity index (χ3n) is 3.12. The van der Waals surface area contributed by atoms with E-state index in [9.17, 15) is 9.59 Å². The standard InChI is InChI=1S/C17H19NO4/c1-13(19)14-6-8-15(9-7-14)21-11-3-5-17(20)18-12-16-4-2-10-22-16/h2,4,6-10H,3,5,11-12H2,1H3,(H,18,20). The average Bonchev–Trinajstić information content (AvgIpc) is 3.03. The van der Waals surface area contributed by atoms with E-state index in [4.69, 9.17) is 9.15 Å². The topological polar surface area (TPSA) is 68.5 Å². The van der Waals surface area contributed by atoms with Crippen LogP contribution < -0.4 is 10.1 Å². The van der Waals surface area contributed by atoms with Crippen molar-refractivity contribution in [1.82, 2.24) is 5.32 Å². The van der Waals surface area contributed by atoms with Gasteiger partial charge in [0.2, 0.25) is 5.91 Å². The maximum atomic E-state index is 11.6. The van der Waals surface area contributed by atoms with Gasteiger partial charge in [0, 0.05) is 12.0 Å². The predicted molar refractivity (Wildman–Crippen MR) is 81.7 cm³/mol. The molecule has 2 aromatic rings. The van der Waals surface area contributed by atoms with Crippen LogP contribution in [0.25, 0.3) is 0 Å². The van der Waals surface area contributed by atoms with E-state index in [1.807, 2.05) is 6.07 Å². The Labute approximate surface area is 129 Å². The molecule has 0 fully saturated rings. The van der Waals surface area contributed by atoms with Gasteiger partial charge in [0.15, 0.2) is 5.78 Å². The minimum Gasteiger partial charge on any atom is -0.494 e. The monoisotopic (exact) mass is 301 g/mol. The fourth-order valence-corrected chi connectivity index (χ4v) is 1.90. The lowest BCUT2D eigenvalue weighted by atomic mass is 10.1. The second kappa shape index (κ2) is 8.02. The van der Waals surface area contributed by atoms with Gasteiger partial charge in [-0.2, -0.15) is 0 Å². The summed E-state index contributed by atoms with van der Waals surface area (Å²) < 4.78 is 10.7. The highest BCUT2D eigenvalue weighted by Gasteiger charge is 2.03. The SMILES string of the molecule is CC(=O)c1ccc(OCCCC(=O)NCc2ccco2)cc1. The van der Waals surface area contributed by atoms with Gasteiger partial charge in [-0.25, -0.2) is 0 Å². The van der Waals surface area contributed by atoms with E-state index in [0.717, 1.165) is 5.76 Å². The van der Waals surface area contributed by atoms with Crippen LogP contribution in [0.4, 0.5) is 0 Å². The molecule has 116 valence electrons. The maximum absolute atomic E-state index is 11.6. The van der Waals surface area contributed by atoms with E-state index in [1.165, 1.54) is 6.92 Å². The number of amides is 1. The van der Waals surface area contributed by atoms with Crippen molar-refractivity contribution in [2.24, 2.45) is 0 Å². The van der Waals surface area contributed by atoms with E-state index in [2.05, 4.69) is 5.32 Å². The molecule has 2 rings (SSSR count). The molecule has 1 heterocycles.